The Labute approximate surface area is 149 Å². The quantitative estimate of drug-likeness (QED) is 0.814. The summed E-state index contributed by atoms with van der Waals surface area (Å²) in [4.78, 5) is 7.81. The zero-order chi connectivity index (χ0) is 18.6. The molecule has 8 heteroatoms. The van der Waals surface area contributed by atoms with Gasteiger partial charge in [0.15, 0.2) is 5.69 Å². The molecule has 1 aliphatic carbocycles. The predicted molar refractivity (Wildman–Crippen MR) is 92.0 cm³/mol. The molecular formula is C18H18F3N5. The van der Waals surface area contributed by atoms with Crippen LogP contribution < -0.4 is 10.6 Å². The van der Waals surface area contributed by atoms with E-state index in [4.69, 9.17) is 5.26 Å². The van der Waals surface area contributed by atoms with Crippen LogP contribution in [-0.2, 0) is 6.18 Å². The largest absolute Gasteiger partial charge is 0.433 e. The Morgan fingerprint density at radius 2 is 1.85 bits per heavy atom. The van der Waals surface area contributed by atoms with E-state index in [0.717, 1.165) is 38.2 Å². The van der Waals surface area contributed by atoms with Crippen LogP contribution in [0.4, 0.5) is 30.6 Å². The predicted octanol–water partition coefficient (Wildman–Crippen LogP) is 4.86. The number of halogens is 3. The Morgan fingerprint density at radius 3 is 2.54 bits per heavy atom. The monoisotopic (exact) mass is 361 g/mol. The second-order valence-electron chi connectivity index (χ2n) is 6.26. The van der Waals surface area contributed by atoms with Crippen LogP contribution >= 0.6 is 0 Å². The van der Waals surface area contributed by atoms with Crippen LogP contribution in [-0.4, -0.2) is 16.0 Å². The number of rotatable bonds is 4. The van der Waals surface area contributed by atoms with E-state index in [2.05, 4.69) is 20.6 Å². The van der Waals surface area contributed by atoms with Gasteiger partial charge in [-0.3, -0.25) is 0 Å². The highest BCUT2D eigenvalue weighted by molar-refractivity contribution is 5.59. The van der Waals surface area contributed by atoms with Crippen LogP contribution in [0, 0.1) is 11.3 Å². The average molecular weight is 361 g/mol. The standard InChI is InChI=1S/C18H18F3N5/c19-18(20,21)15-10-16(23-14-8-4-5-12(9-14)11-22)26-17(25-15)24-13-6-2-1-3-7-13/h4-5,8-10,13H,1-3,6-7H2,(H2,23,24,25,26). The average Bonchev–Trinajstić information content (AvgIpc) is 2.62. The lowest BCUT2D eigenvalue weighted by molar-refractivity contribution is -0.141. The number of anilines is 3. The summed E-state index contributed by atoms with van der Waals surface area (Å²) in [5.41, 5.74) is -0.120. The zero-order valence-corrected chi connectivity index (χ0v) is 14.0. The van der Waals surface area contributed by atoms with Gasteiger partial charge in [-0.2, -0.15) is 23.4 Å². The molecule has 1 saturated carbocycles. The Kier molecular flexibility index (Phi) is 5.26. The summed E-state index contributed by atoms with van der Waals surface area (Å²) in [7, 11) is 0. The van der Waals surface area contributed by atoms with Gasteiger partial charge in [-0.25, -0.2) is 4.98 Å². The number of hydrogen-bond donors (Lipinski definition) is 2. The third-order valence-corrected chi connectivity index (χ3v) is 4.22. The third kappa shape index (κ3) is 4.63. The molecule has 0 radical (unpaired) electrons. The molecule has 5 nitrogen and oxygen atoms in total. The van der Waals surface area contributed by atoms with Gasteiger partial charge in [-0.1, -0.05) is 25.3 Å². The highest BCUT2D eigenvalue weighted by atomic mass is 19.4. The molecule has 1 fully saturated rings. The number of nitrogens with one attached hydrogen (secondary N) is 2. The van der Waals surface area contributed by atoms with Crippen LogP contribution in [0.25, 0.3) is 0 Å². The van der Waals surface area contributed by atoms with Gasteiger partial charge >= 0.3 is 6.18 Å². The maximum Gasteiger partial charge on any atom is 0.433 e. The van der Waals surface area contributed by atoms with Gasteiger partial charge in [-0.05, 0) is 31.0 Å². The van der Waals surface area contributed by atoms with Crippen molar-refractivity contribution in [3.05, 3.63) is 41.6 Å². The first-order valence-electron chi connectivity index (χ1n) is 8.44. The molecular weight excluding hydrogens is 343 g/mol. The summed E-state index contributed by atoms with van der Waals surface area (Å²) in [6, 6.07) is 9.40. The highest BCUT2D eigenvalue weighted by Gasteiger charge is 2.34. The lowest BCUT2D eigenvalue weighted by Gasteiger charge is -2.23. The summed E-state index contributed by atoms with van der Waals surface area (Å²) in [6.45, 7) is 0. The van der Waals surface area contributed by atoms with E-state index in [-0.39, 0.29) is 17.8 Å². The lowest BCUT2D eigenvalue weighted by Crippen LogP contribution is -2.24. The third-order valence-electron chi connectivity index (χ3n) is 4.22. The first kappa shape index (κ1) is 18.0. The summed E-state index contributed by atoms with van der Waals surface area (Å²) in [6.07, 6.45) is 0.449. The van der Waals surface area contributed by atoms with E-state index < -0.39 is 11.9 Å². The van der Waals surface area contributed by atoms with Crippen molar-refractivity contribution in [2.24, 2.45) is 0 Å². The fraction of sp³-hybridized carbons (Fsp3) is 0.389. The Hall–Kier alpha value is -2.82. The van der Waals surface area contributed by atoms with Crippen molar-refractivity contribution in [3.8, 4) is 6.07 Å². The van der Waals surface area contributed by atoms with Crippen molar-refractivity contribution in [2.45, 2.75) is 44.3 Å². The van der Waals surface area contributed by atoms with E-state index in [1.807, 2.05) is 6.07 Å². The molecule has 136 valence electrons. The van der Waals surface area contributed by atoms with Crippen LogP contribution in [0.1, 0.15) is 43.4 Å². The minimum absolute atomic E-state index is 0.0284. The SMILES string of the molecule is N#Cc1cccc(Nc2cc(C(F)(F)F)nc(NC3CCCCC3)n2)c1. The maximum atomic E-state index is 13.2. The second-order valence-corrected chi connectivity index (χ2v) is 6.26. The summed E-state index contributed by atoms with van der Waals surface area (Å²) >= 11 is 0. The van der Waals surface area contributed by atoms with Crippen LogP contribution in [0.2, 0.25) is 0 Å². The molecule has 0 spiro atoms. The number of aromatic nitrogens is 2. The lowest BCUT2D eigenvalue weighted by atomic mass is 9.96. The van der Waals surface area contributed by atoms with Crippen molar-refractivity contribution in [1.82, 2.24) is 9.97 Å². The molecule has 26 heavy (non-hydrogen) atoms. The Morgan fingerprint density at radius 1 is 1.08 bits per heavy atom. The normalized spacial score (nSPS) is 15.3. The fourth-order valence-corrected chi connectivity index (χ4v) is 2.96. The Bertz CT molecular complexity index is 807. The van der Waals surface area contributed by atoms with Crippen molar-refractivity contribution in [2.75, 3.05) is 10.6 Å². The topological polar surface area (TPSA) is 73.6 Å². The molecule has 0 aliphatic heterocycles. The molecule has 0 bridgehead atoms. The molecule has 1 aromatic heterocycles. The molecule has 0 amide bonds. The van der Waals surface area contributed by atoms with Crippen molar-refractivity contribution in [3.63, 3.8) is 0 Å². The van der Waals surface area contributed by atoms with E-state index in [1.54, 1.807) is 24.3 Å². The number of nitrogens with zero attached hydrogens (tertiary/aromatic N) is 3. The van der Waals surface area contributed by atoms with Crippen LogP contribution in [0.3, 0.4) is 0 Å². The Balaban J connectivity index is 1.87. The van der Waals surface area contributed by atoms with Gasteiger partial charge in [0.05, 0.1) is 11.6 Å². The van der Waals surface area contributed by atoms with Gasteiger partial charge in [0.1, 0.15) is 5.82 Å². The minimum atomic E-state index is -4.57. The van der Waals surface area contributed by atoms with Crippen molar-refractivity contribution < 1.29 is 13.2 Å². The molecule has 1 aliphatic rings. The number of alkyl halides is 3. The van der Waals surface area contributed by atoms with E-state index >= 15 is 0 Å². The molecule has 0 unspecified atom stereocenters. The zero-order valence-electron chi connectivity index (χ0n) is 14.0. The first-order valence-corrected chi connectivity index (χ1v) is 8.44. The van der Waals surface area contributed by atoms with Gasteiger partial charge < -0.3 is 10.6 Å². The number of benzene rings is 1. The molecule has 1 aromatic carbocycles. The minimum Gasteiger partial charge on any atom is -0.351 e. The molecule has 2 N–H and O–H groups in total. The molecule has 1 heterocycles. The maximum absolute atomic E-state index is 13.2. The first-order chi connectivity index (χ1) is 12.4. The van der Waals surface area contributed by atoms with Crippen LogP contribution in [0.15, 0.2) is 30.3 Å². The molecule has 2 aromatic rings. The van der Waals surface area contributed by atoms with Gasteiger partial charge in [0.2, 0.25) is 5.95 Å². The number of hydrogen-bond acceptors (Lipinski definition) is 5. The summed E-state index contributed by atoms with van der Waals surface area (Å²) in [5.74, 6) is -0.00797. The molecule has 0 saturated heterocycles. The molecule has 0 atom stereocenters. The van der Waals surface area contributed by atoms with Gasteiger partial charge in [-0.15, -0.1) is 0 Å². The van der Waals surface area contributed by atoms with Crippen LogP contribution in [0.5, 0.6) is 0 Å². The fourth-order valence-electron chi connectivity index (χ4n) is 2.96. The number of nitriles is 1. The van der Waals surface area contributed by atoms with E-state index in [0.29, 0.717) is 11.3 Å². The van der Waals surface area contributed by atoms with E-state index in [1.165, 1.54) is 0 Å². The molecule has 3 rings (SSSR count). The van der Waals surface area contributed by atoms with Gasteiger partial charge in [0, 0.05) is 17.8 Å². The second kappa shape index (κ2) is 7.60. The smallest absolute Gasteiger partial charge is 0.351 e. The van der Waals surface area contributed by atoms with Gasteiger partial charge in [0.25, 0.3) is 0 Å². The summed E-state index contributed by atoms with van der Waals surface area (Å²) < 4.78 is 39.6. The van der Waals surface area contributed by atoms with Crippen molar-refractivity contribution in [1.29, 1.82) is 5.26 Å². The van der Waals surface area contributed by atoms with Crippen molar-refractivity contribution >= 4 is 17.5 Å². The van der Waals surface area contributed by atoms with E-state index in [9.17, 15) is 13.2 Å². The summed E-state index contributed by atoms with van der Waals surface area (Å²) in [5, 5.41) is 14.8. The highest BCUT2D eigenvalue weighted by Crippen LogP contribution is 2.31.